The number of hydrogen-bond donors (Lipinski definition) is 3. The number of imidazole rings is 1. The molecule has 2 aromatic rings. The molecule has 106 valence electrons. The van der Waals surface area contributed by atoms with Crippen molar-refractivity contribution in [1.82, 2.24) is 19.9 Å². The Morgan fingerprint density at radius 2 is 2.05 bits per heavy atom. The number of aromatic nitrogens is 4. The van der Waals surface area contributed by atoms with Gasteiger partial charge in [-0.1, -0.05) is 25.4 Å². The Labute approximate surface area is 118 Å². The SMILES string of the molecule is CC(C(=O)O)C(C)C(=O)Nc1nc(Cl)c2[nH]cnc2n1. The number of hydrogen-bond acceptors (Lipinski definition) is 5. The van der Waals surface area contributed by atoms with Crippen molar-refractivity contribution in [3.8, 4) is 0 Å². The van der Waals surface area contributed by atoms with Crippen molar-refractivity contribution in [1.29, 1.82) is 0 Å². The second kappa shape index (κ2) is 5.41. The maximum absolute atomic E-state index is 11.9. The van der Waals surface area contributed by atoms with Crippen molar-refractivity contribution in [2.24, 2.45) is 11.8 Å². The maximum Gasteiger partial charge on any atom is 0.307 e. The van der Waals surface area contributed by atoms with Gasteiger partial charge >= 0.3 is 5.97 Å². The van der Waals surface area contributed by atoms with E-state index < -0.39 is 23.7 Å². The molecule has 0 spiro atoms. The molecule has 9 heteroatoms. The van der Waals surface area contributed by atoms with Gasteiger partial charge in [-0.15, -0.1) is 0 Å². The average molecular weight is 298 g/mol. The standard InChI is InChI=1S/C11H12ClN5O3/c1-4(5(2)10(19)20)9(18)17-11-15-7(12)6-8(16-11)14-3-13-6/h3-5H,1-2H3,(H,19,20)(H2,13,14,15,16,17,18). The number of carbonyl (C=O) groups is 2. The Morgan fingerprint density at radius 1 is 1.35 bits per heavy atom. The van der Waals surface area contributed by atoms with Crippen LogP contribution in [-0.2, 0) is 9.59 Å². The summed E-state index contributed by atoms with van der Waals surface area (Å²) in [6, 6.07) is 0. The summed E-state index contributed by atoms with van der Waals surface area (Å²) in [6.07, 6.45) is 1.41. The van der Waals surface area contributed by atoms with Gasteiger partial charge < -0.3 is 10.1 Å². The maximum atomic E-state index is 11.9. The number of rotatable bonds is 4. The van der Waals surface area contributed by atoms with Crippen LogP contribution in [0.4, 0.5) is 5.95 Å². The van der Waals surface area contributed by atoms with Gasteiger partial charge in [0, 0.05) is 5.92 Å². The van der Waals surface area contributed by atoms with E-state index in [-0.39, 0.29) is 11.1 Å². The first-order valence-corrected chi connectivity index (χ1v) is 6.18. The number of carboxylic acids is 1. The highest BCUT2D eigenvalue weighted by atomic mass is 35.5. The van der Waals surface area contributed by atoms with Gasteiger partial charge in [-0.2, -0.15) is 9.97 Å². The fraction of sp³-hybridized carbons (Fsp3) is 0.364. The zero-order valence-electron chi connectivity index (χ0n) is 10.7. The van der Waals surface area contributed by atoms with Crippen LogP contribution in [-0.4, -0.2) is 36.9 Å². The highest BCUT2D eigenvalue weighted by Gasteiger charge is 2.26. The Bertz CT molecular complexity index is 671. The smallest absolute Gasteiger partial charge is 0.307 e. The molecule has 2 atom stereocenters. The lowest BCUT2D eigenvalue weighted by atomic mass is 9.95. The number of halogens is 1. The van der Waals surface area contributed by atoms with E-state index in [2.05, 4.69) is 25.3 Å². The van der Waals surface area contributed by atoms with Crippen molar-refractivity contribution >= 4 is 40.6 Å². The van der Waals surface area contributed by atoms with Crippen LogP contribution in [0.3, 0.4) is 0 Å². The third kappa shape index (κ3) is 2.69. The molecular formula is C11H12ClN5O3. The number of aliphatic carboxylic acids is 1. The van der Waals surface area contributed by atoms with Crippen LogP contribution in [0.15, 0.2) is 6.33 Å². The Kier molecular flexibility index (Phi) is 3.84. The lowest BCUT2D eigenvalue weighted by Crippen LogP contribution is -2.30. The van der Waals surface area contributed by atoms with Crippen LogP contribution in [0.1, 0.15) is 13.8 Å². The molecule has 0 saturated carbocycles. The van der Waals surface area contributed by atoms with Crippen LogP contribution in [0, 0.1) is 11.8 Å². The van der Waals surface area contributed by atoms with Crippen LogP contribution in [0.2, 0.25) is 5.15 Å². The van der Waals surface area contributed by atoms with Crippen LogP contribution < -0.4 is 5.32 Å². The summed E-state index contributed by atoms with van der Waals surface area (Å²) >= 11 is 5.91. The van der Waals surface area contributed by atoms with Gasteiger partial charge in [-0.05, 0) is 0 Å². The van der Waals surface area contributed by atoms with Crippen molar-refractivity contribution in [3.05, 3.63) is 11.5 Å². The average Bonchev–Trinajstić information content (AvgIpc) is 2.85. The highest BCUT2D eigenvalue weighted by Crippen LogP contribution is 2.19. The lowest BCUT2D eigenvalue weighted by molar-refractivity contribution is -0.145. The predicted molar refractivity (Wildman–Crippen MR) is 71.3 cm³/mol. The van der Waals surface area contributed by atoms with Gasteiger partial charge in [0.2, 0.25) is 11.9 Å². The van der Waals surface area contributed by atoms with Gasteiger partial charge in [-0.25, -0.2) is 4.98 Å². The summed E-state index contributed by atoms with van der Waals surface area (Å²) in [5.74, 6) is -3.10. The molecule has 0 aromatic carbocycles. The molecule has 3 N–H and O–H groups in total. The predicted octanol–water partition coefficient (Wildman–Crippen LogP) is 1.30. The zero-order valence-corrected chi connectivity index (χ0v) is 11.5. The van der Waals surface area contributed by atoms with Gasteiger partial charge in [0.1, 0.15) is 5.52 Å². The van der Waals surface area contributed by atoms with Gasteiger partial charge in [0.15, 0.2) is 10.8 Å². The molecular weight excluding hydrogens is 286 g/mol. The second-order valence-electron chi connectivity index (χ2n) is 4.34. The zero-order chi connectivity index (χ0) is 14.9. The Hall–Kier alpha value is -2.22. The number of anilines is 1. The number of nitrogens with one attached hydrogen (secondary N) is 2. The summed E-state index contributed by atoms with van der Waals surface area (Å²) in [7, 11) is 0. The first-order valence-electron chi connectivity index (χ1n) is 5.80. The fourth-order valence-electron chi connectivity index (χ4n) is 1.52. The third-order valence-electron chi connectivity index (χ3n) is 3.03. The fourth-order valence-corrected chi connectivity index (χ4v) is 1.74. The molecule has 0 aliphatic heterocycles. The van der Waals surface area contributed by atoms with Crippen molar-refractivity contribution in [2.75, 3.05) is 5.32 Å². The topological polar surface area (TPSA) is 121 Å². The Balaban J connectivity index is 2.19. The van der Waals surface area contributed by atoms with E-state index in [1.807, 2.05) is 0 Å². The quantitative estimate of drug-likeness (QED) is 0.731. The Morgan fingerprint density at radius 3 is 2.70 bits per heavy atom. The monoisotopic (exact) mass is 297 g/mol. The van der Waals surface area contributed by atoms with E-state index in [9.17, 15) is 9.59 Å². The summed E-state index contributed by atoms with van der Waals surface area (Å²) in [5, 5.41) is 11.4. The summed E-state index contributed by atoms with van der Waals surface area (Å²) in [6.45, 7) is 2.97. The van der Waals surface area contributed by atoms with Gasteiger partial charge in [-0.3, -0.25) is 14.9 Å². The third-order valence-corrected chi connectivity index (χ3v) is 3.30. The summed E-state index contributed by atoms with van der Waals surface area (Å²) in [5.41, 5.74) is 0.788. The van der Waals surface area contributed by atoms with Crippen LogP contribution in [0.5, 0.6) is 0 Å². The number of nitrogens with zero attached hydrogens (tertiary/aromatic N) is 3. The highest BCUT2D eigenvalue weighted by molar-refractivity contribution is 6.33. The van der Waals surface area contributed by atoms with Gasteiger partial charge in [0.05, 0.1) is 12.2 Å². The number of carbonyl (C=O) groups excluding carboxylic acids is 1. The van der Waals surface area contributed by atoms with Gasteiger partial charge in [0.25, 0.3) is 0 Å². The summed E-state index contributed by atoms with van der Waals surface area (Å²) in [4.78, 5) is 37.4. The molecule has 1 amide bonds. The number of aromatic amines is 1. The molecule has 20 heavy (non-hydrogen) atoms. The molecule has 0 saturated heterocycles. The normalized spacial score (nSPS) is 13.9. The molecule has 2 aromatic heterocycles. The molecule has 0 aliphatic rings. The minimum absolute atomic E-state index is 0.0101. The van der Waals surface area contributed by atoms with Crippen molar-refractivity contribution < 1.29 is 14.7 Å². The lowest BCUT2D eigenvalue weighted by Gasteiger charge is -2.14. The second-order valence-corrected chi connectivity index (χ2v) is 4.70. The number of H-pyrrole nitrogens is 1. The number of fused-ring (bicyclic) bond motifs is 1. The van der Waals surface area contributed by atoms with E-state index in [0.717, 1.165) is 0 Å². The first kappa shape index (κ1) is 14.2. The molecule has 0 aliphatic carbocycles. The van der Waals surface area contributed by atoms with E-state index >= 15 is 0 Å². The van der Waals surface area contributed by atoms with Crippen molar-refractivity contribution in [2.45, 2.75) is 13.8 Å². The molecule has 2 heterocycles. The molecule has 0 bridgehead atoms. The molecule has 0 radical (unpaired) electrons. The minimum Gasteiger partial charge on any atom is -0.481 e. The van der Waals surface area contributed by atoms with E-state index in [1.54, 1.807) is 0 Å². The molecule has 8 nitrogen and oxygen atoms in total. The minimum atomic E-state index is -1.05. The van der Waals surface area contributed by atoms with Crippen LogP contribution in [0.25, 0.3) is 11.2 Å². The van der Waals surface area contributed by atoms with E-state index in [1.165, 1.54) is 20.2 Å². The largest absolute Gasteiger partial charge is 0.481 e. The van der Waals surface area contributed by atoms with Crippen LogP contribution >= 0.6 is 11.6 Å². The number of amides is 1. The number of carboxylic acid groups (broad SMARTS) is 1. The molecule has 2 rings (SSSR count). The molecule has 2 unspecified atom stereocenters. The first-order chi connectivity index (χ1) is 9.40. The summed E-state index contributed by atoms with van der Waals surface area (Å²) < 4.78 is 0. The molecule has 0 fully saturated rings. The van der Waals surface area contributed by atoms with Crippen molar-refractivity contribution in [3.63, 3.8) is 0 Å². The van der Waals surface area contributed by atoms with E-state index in [0.29, 0.717) is 11.2 Å². The van der Waals surface area contributed by atoms with E-state index in [4.69, 9.17) is 16.7 Å².